The predicted octanol–water partition coefficient (Wildman–Crippen LogP) is 4.52. The van der Waals surface area contributed by atoms with Crippen molar-refractivity contribution >= 4 is 36.6 Å². The largest absolute Gasteiger partial charge is 0.381 e. The van der Waals surface area contributed by atoms with Crippen LogP contribution in [0.1, 0.15) is 30.0 Å². The number of fused-ring (bicyclic) bond motifs is 1. The molecule has 1 aliphatic rings. The molecule has 2 aromatic carbocycles. The molecule has 0 aliphatic carbocycles. The van der Waals surface area contributed by atoms with E-state index >= 15 is 4.39 Å². The Morgan fingerprint density at radius 3 is 2.47 bits per heavy atom. The van der Waals surface area contributed by atoms with Crippen LogP contribution < -0.4 is 5.32 Å². The van der Waals surface area contributed by atoms with E-state index in [0.29, 0.717) is 54.9 Å². The van der Waals surface area contributed by atoms with Crippen molar-refractivity contribution in [1.82, 2.24) is 14.3 Å². The first kappa shape index (κ1) is 26.3. The van der Waals surface area contributed by atoms with E-state index in [0.717, 1.165) is 16.6 Å². The van der Waals surface area contributed by atoms with Gasteiger partial charge in [0.2, 0.25) is 10.0 Å². The highest BCUT2D eigenvalue weighted by Gasteiger charge is 2.27. The van der Waals surface area contributed by atoms with Crippen molar-refractivity contribution in [3.63, 3.8) is 0 Å². The van der Waals surface area contributed by atoms with Gasteiger partial charge < -0.3 is 10.3 Å². The zero-order valence-electron chi connectivity index (χ0n) is 21.1. The number of H-pyrrole nitrogens is 1. The van der Waals surface area contributed by atoms with Gasteiger partial charge >= 0.3 is 0 Å². The normalized spacial score (nSPS) is 15.7. The van der Waals surface area contributed by atoms with E-state index in [1.54, 1.807) is 42.6 Å². The maximum Gasteiger partial charge on any atom is 0.211 e. The first-order valence-electron chi connectivity index (χ1n) is 12.2. The van der Waals surface area contributed by atoms with Crippen molar-refractivity contribution in [2.24, 2.45) is 0 Å². The van der Waals surface area contributed by atoms with Crippen LogP contribution in [0.3, 0.4) is 0 Å². The highest BCUT2D eigenvalue weighted by Crippen LogP contribution is 2.35. The van der Waals surface area contributed by atoms with Gasteiger partial charge in [0.15, 0.2) is 9.84 Å². The highest BCUT2D eigenvalue weighted by molar-refractivity contribution is 7.90. The van der Waals surface area contributed by atoms with Crippen LogP contribution in [-0.2, 0) is 26.4 Å². The van der Waals surface area contributed by atoms with Crippen molar-refractivity contribution in [3.05, 3.63) is 77.9 Å². The van der Waals surface area contributed by atoms with E-state index in [-0.39, 0.29) is 16.6 Å². The Bertz CT molecular complexity index is 1710. The maximum atomic E-state index is 15.1. The van der Waals surface area contributed by atoms with Crippen molar-refractivity contribution < 1.29 is 21.2 Å². The lowest BCUT2D eigenvalue weighted by atomic mass is 9.94. The van der Waals surface area contributed by atoms with Gasteiger partial charge in [0.05, 0.1) is 11.2 Å². The minimum atomic E-state index is -3.31. The maximum absolute atomic E-state index is 15.1. The molecule has 2 aromatic heterocycles. The Balaban J connectivity index is 1.39. The Kier molecular flexibility index (Phi) is 7.01. The van der Waals surface area contributed by atoms with Crippen LogP contribution in [0.15, 0.2) is 65.7 Å². The van der Waals surface area contributed by atoms with Crippen LogP contribution in [0.4, 0.5) is 10.1 Å². The van der Waals surface area contributed by atoms with Gasteiger partial charge in [-0.15, -0.1) is 0 Å². The topological polar surface area (TPSA) is 112 Å². The molecule has 1 saturated heterocycles. The minimum absolute atomic E-state index is 0.163. The Morgan fingerprint density at radius 1 is 1.00 bits per heavy atom. The molecule has 5 rings (SSSR count). The third-order valence-corrected chi connectivity index (χ3v) is 9.41. The molecule has 200 valence electrons. The smallest absolute Gasteiger partial charge is 0.211 e. The van der Waals surface area contributed by atoms with Crippen LogP contribution in [0.5, 0.6) is 0 Å². The van der Waals surface area contributed by atoms with Gasteiger partial charge in [-0.1, -0.05) is 12.1 Å². The summed E-state index contributed by atoms with van der Waals surface area (Å²) in [5, 5.41) is 4.06. The van der Waals surface area contributed by atoms with Gasteiger partial charge in [-0.25, -0.2) is 30.5 Å². The van der Waals surface area contributed by atoms with Gasteiger partial charge in [-0.2, -0.15) is 0 Å². The summed E-state index contributed by atoms with van der Waals surface area (Å²) in [5.41, 5.74) is 4.23. The number of nitrogens with zero attached hydrogens (tertiary/aromatic N) is 2. The van der Waals surface area contributed by atoms with Crippen LogP contribution in [0, 0.1) is 5.82 Å². The number of sulfonamides is 1. The Hall–Kier alpha value is -3.28. The summed E-state index contributed by atoms with van der Waals surface area (Å²) in [7, 11) is -6.51. The molecule has 0 saturated carbocycles. The number of rotatable bonds is 7. The zero-order valence-corrected chi connectivity index (χ0v) is 22.7. The van der Waals surface area contributed by atoms with E-state index < -0.39 is 19.9 Å². The van der Waals surface area contributed by atoms with Gasteiger partial charge in [-0.05, 0) is 66.4 Å². The molecule has 11 heteroatoms. The van der Waals surface area contributed by atoms with E-state index in [1.807, 2.05) is 12.1 Å². The lowest BCUT2D eigenvalue weighted by Gasteiger charge is -2.29. The number of anilines is 1. The van der Waals surface area contributed by atoms with Gasteiger partial charge in [-0.3, -0.25) is 0 Å². The number of aromatic amines is 1. The van der Waals surface area contributed by atoms with E-state index in [1.165, 1.54) is 22.9 Å². The molecule has 1 fully saturated rings. The third-order valence-electron chi connectivity index (χ3n) is 7.00. The fourth-order valence-electron chi connectivity index (χ4n) is 4.93. The average molecular weight is 557 g/mol. The van der Waals surface area contributed by atoms with E-state index in [2.05, 4.69) is 15.3 Å². The second-order valence-electron chi connectivity index (χ2n) is 9.75. The SMILES string of the molecule is CS(=O)(=O)c1cccc(CNc2ccc(F)c(-c3ccnc4[nH]c(C5CCN(S(C)(=O)=O)CC5)cc34)c2)c1. The molecule has 2 N–H and O–H groups in total. The van der Waals surface area contributed by atoms with Gasteiger partial charge in [0.25, 0.3) is 0 Å². The number of nitrogens with one attached hydrogen (secondary N) is 2. The van der Waals surface area contributed by atoms with Crippen molar-refractivity contribution in [2.45, 2.75) is 30.2 Å². The number of pyridine rings is 1. The molecule has 0 atom stereocenters. The summed E-state index contributed by atoms with van der Waals surface area (Å²) in [6.45, 7) is 1.31. The molecular weight excluding hydrogens is 527 g/mol. The minimum Gasteiger partial charge on any atom is -0.381 e. The summed E-state index contributed by atoms with van der Waals surface area (Å²) in [4.78, 5) is 8.06. The number of aromatic nitrogens is 2. The molecule has 1 aliphatic heterocycles. The highest BCUT2D eigenvalue weighted by atomic mass is 32.2. The molecule has 0 spiro atoms. The number of benzene rings is 2. The standard InChI is InChI=1S/C27H29FN4O4S2/c1-37(33,34)21-5-3-4-18(14-21)17-30-20-6-7-25(28)23(15-20)22-8-11-29-27-24(22)16-26(31-27)19-9-12-32(13-10-19)38(2,35)36/h3-8,11,14-16,19,30H,9-10,12-13,17H2,1-2H3,(H,29,31). The monoisotopic (exact) mass is 556 g/mol. The lowest BCUT2D eigenvalue weighted by Crippen LogP contribution is -2.37. The lowest BCUT2D eigenvalue weighted by molar-refractivity contribution is 0.319. The Labute approximate surface area is 221 Å². The fraction of sp³-hybridized carbons (Fsp3) is 0.296. The van der Waals surface area contributed by atoms with Crippen LogP contribution in [0.2, 0.25) is 0 Å². The van der Waals surface area contributed by atoms with Crippen molar-refractivity contribution in [1.29, 1.82) is 0 Å². The molecule has 38 heavy (non-hydrogen) atoms. The first-order valence-corrected chi connectivity index (χ1v) is 16.0. The summed E-state index contributed by atoms with van der Waals surface area (Å²) in [6, 6.07) is 15.3. The zero-order chi connectivity index (χ0) is 27.1. The number of sulfone groups is 1. The first-order chi connectivity index (χ1) is 18.0. The quantitative estimate of drug-likeness (QED) is 0.346. The Morgan fingerprint density at radius 2 is 1.76 bits per heavy atom. The second-order valence-corrected chi connectivity index (χ2v) is 13.7. The van der Waals surface area contributed by atoms with Crippen molar-refractivity contribution in [3.8, 4) is 11.1 Å². The number of piperidine rings is 1. The molecule has 0 radical (unpaired) electrons. The summed E-state index contributed by atoms with van der Waals surface area (Å²) in [6.07, 6.45) is 5.44. The predicted molar refractivity (Wildman–Crippen MR) is 147 cm³/mol. The summed E-state index contributed by atoms with van der Waals surface area (Å²) < 4.78 is 64.0. The number of hydrogen-bond acceptors (Lipinski definition) is 6. The summed E-state index contributed by atoms with van der Waals surface area (Å²) in [5.74, 6) is -0.207. The van der Waals surface area contributed by atoms with Crippen LogP contribution in [0.25, 0.3) is 22.2 Å². The average Bonchev–Trinajstić information content (AvgIpc) is 3.32. The molecular formula is C27H29FN4O4S2. The number of halogens is 1. The molecule has 0 amide bonds. The molecule has 0 unspecified atom stereocenters. The van der Waals surface area contributed by atoms with Crippen LogP contribution >= 0.6 is 0 Å². The van der Waals surface area contributed by atoms with Crippen molar-refractivity contribution in [2.75, 3.05) is 30.9 Å². The number of hydrogen-bond donors (Lipinski definition) is 2. The summed E-state index contributed by atoms with van der Waals surface area (Å²) >= 11 is 0. The third kappa shape index (κ3) is 5.59. The van der Waals surface area contributed by atoms with E-state index in [4.69, 9.17) is 0 Å². The van der Waals surface area contributed by atoms with E-state index in [9.17, 15) is 16.8 Å². The van der Waals surface area contributed by atoms with Crippen LogP contribution in [-0.4, -0.2) is 56.7 Å². The fourth-order valence-corrected chi connectivity index (χ4v) is 6.50. The molecule has 0 bridgehead atoms. The molecule has 3 heterocycles. The molecule has 8 nitrogen and oxygen atoms in total. The molecule has 4 aromatic rings. The van der Waals surface area contributed by atoms with Gasteiger partial charge in [0, 0.05) is 60.3 Å². The second kappa shape index (κ2) is 10.1. The van der Waals surface area contributed by atoms with Gasteiger partial charge in [0.1, 0.15) is 11.5 Å².